The second kappa shape index (κ2) is 5.38. The number of hydrogen-bond acceptors (Lipinski definition) is 7. The number of aliphatic hydroxyl groups excluding tert-OH is 3. The molecule has 98 valence electrons. The molecule has 0 aromatic carbocycles. The van der Waals surface area contributed by atoms with E-state index in [1.807, 2.05) is 0 Å². The molecule has 0 bridgehead atoms. The van der Waals surface area contributed by atoms with Crippen LogP contribution in [0.25, 0.3) is 0 Å². The molecule has 0 aliphatic carbocycles. The maximum Gasteiger partial charge on any atom is 0.252 e. The Balaban J connectivity index is 3.00. The van der Waals surface area contributed by atoms with Crippen molar-refractivity contribution in [1.82, 2.24) is 9.71 Å². The lowest BCUT2D eigenvalue weighted by atomic mass is 10.1. The number of aromatic nitrogens is 1. The lowest BCUT2D eigenvalue weighted by molar-refractivity contribution is 0.0582. The monoisotopic (exact) mass is 282 g/mol. The first kappa shape index (κ1) is 14.5. The fourth-order valence-electron chi connectivity index (χ4n) is 1.05. The molecule has 17 heavy (non-hydrogen) atoms. The van der Waals surface area contributed by atoms with Crippen LogP contribution in [0.1, 0.15) is 5.01 Å². The highest BCUT2D eigenvalue weighted by Crippen LogP contribution is 2.19. The third kappa shape index (κ3) is 3.21. The predicted molar refractivity (Wildman–Crippen MR) is 61.2 cm³/mol. The Morgan fingerprint density at radius 3 is 2.24 bits per heavy atom. The highest BCUT2D eigenvalue weighted by Gasteiger charge is 2.34. The molecule has 1 rings (SSSR count). The third-order valence-corrected chi connectivity index (χ3v) is 5.08. The summed E-state index contributed by atoms with van der Waals surface area (Å²) < 4.78 is 25.8. The number of rotatable bonds is 6. The summed E-state index contributed by atoms with van der Waals surface area (Å²) in [7, 11) is -3.91. The Morgan fingerprint density at radius 1 is 1.35 bits per heavy atom. The van der Waals surface area contributed by atoms with Crippen LogP contribution in [0.2, 0.25) is 0 Å². The maximum atomic E-state index is 11.9. The van der Waals surface area contributed by atoms with Crippen molar-refractivity contribution >= 4 is 21.4 Å². The van der Waals surface area contributed by atoms with E-state index in [2.05, 4.69) is 9.71 Å². The standard InChI is InChI=1S/C8H14N2O5S2/c1-6-9-2-7(16-6)17(14,15)10-8(3-11,4-12)5-13/h2,10-13H,3-5H2,1H3. The molecule has 1 heterocycles. The van der Waals surface area contributed by atoms with Gasteiger partial charge in [-0.25, -0.2) is 13.4 Å². The van der Waals surface area contributed by atoms with Crippen LogP contribution in [-0.2, 0) is 10.0 Å². The van der Waals surface area contributed by atoms with Gasteiger partial charge in [0.05, 0.1) is 31.0 Å². The van der Waals surface area contributed by atoms with Crippen LogP contribution in [0.15, 0.2) is 10.4 Å². The summed E-state index contributed by atoms with van der Waals surface area (Å²) in [4.78, 5) is 3.80. The highest BCUT2D eigenvalue weighted by molar-refractivity contribution is 7.91. The molecular formula is C8H14N2O5S2. The molecular weight excluding hydrogens is 268 g/mol. The van der Waals surface area contributed by atoms with E-state index in [1.165, 1.54) is 6.20 Å². The summed E-state index contributed by atoms with van der Waals surface area (Å²) in [6.45, 7) is -0.480. The highest BCUT2D eigenvalue weighted by atomic mass is 32.2. The van der Waals surface area contributed by atoms with Gasteiger partial charge in [0.15, 0.2) is 4.21 Å². The molecule has 0 atom stereocenters. The van der Waals surface area contributed by atoms with Gasteiger partial charge in [-0.05, 0) is 6.92 Å². The van der Waals surface area contributed by atoms with E-state index in [4.69, 9.17) is 15.3 Å². The first-order valence-corrected chi connectivity index (χ1v) is 6.98. The van der Waals surface area contributed by atoms with Crippen molar-refractivity contribution in [2.75, 3.05) is 19.8 Å². The van der Waals surface area contributed by atoms with Crippen molar-refractivity contribution < 1.29 is 23.7 Å². The van der Waals surface area contributed by atoms with Crippen LogP contribution in [0, 0.1) is 6.92 Å². The van der Waals surface area contributed by atoms with E-state index in [0.29, 0.717) is 5.01 Å². The van der Waals surface area contributed by atoms with Crippen molar-refractivity contribution in [2.24, 2.45) is 0 Å². The Bertz CT molecular complexity index is 458. The van der Waals surface area contributed by atoms with Gasteiger partial charge in [0.1, 0.15) is 5.54 Å². The van der Waals surface area contributed by atoms with Crippen molar-refractivity contribution in [2.45, 2.75) is 16.7 Å². The molecule has 0 fully saturated rings. The van der Waals surface area contributed by atoms with Gasteiger partial charge in [-0.3, -0.25) is 0 Å². The Kier molecular flexibility index (Phi) is 4.58. The predicted octanol–water partition coefficient (Wildman–Crippen LogP) is -1.55. The zero-order chi connectivity index (χ0) is 13.1. The fraction of sp³-hybridized carbons (Fsp3) is 0.625. The number of nitrogens with one attached hydrogen (secondary N) is 1. The summed E-state index contributed by atoms with van der Waals surface area (Å²) in [6, 6.07) is 0. The smallest absolute Gasteiger partial charge is 0.252 e. The fourth-order valence-corrected chi connectivity index (χ4v) is 3.53. The van der Waals surface area contributed by atoms with E-state index in [9.17, 15) is 8.42 Å². The van der Waals surface area contributed by atoms with Crippen LogP contribution in [0.5, 0.6) is 0 Å². The number of thiazole rings is 1. The van der Waals surface area contributed by atoms with E-state index >= 15 is 0 Å². The largest absolute Gasteiger partial charge is 0.394 e. The van der Waals surface area contributed by atoms with E-state index < -0.39 is 35.4 Å². The van der Waals surface area contributed by atoms with Crippen LogP contribution in [-0.4, -0.2) is 54.1 Å². The second-order valence-electron chi connectivity index (χ2n) is 3.56. The lowest BCUT2D eigenvalue weighted by Crippen LogP contribution is -2.56. The SMILES string of the molecule is Cc1ncc(S(=O)(=O)NC(CO)(CO)CO)s1. The molecule has 0 spiro atoms. The van der Waals surface area contributed by atoms with E-state index in [1.54, 1.807) is 6.92 Å². The van der Waals surface area contributed by atoms with Crippen molar-refractivity contribution in [1.29, 1.82) is 0 Å². The number of hydrogen-bond donors (Lipinski definition) is 4. The Labute approximate surface area is 103 Å². The van der Waals surface area contributed by atoms with Gasteiger partial charge in [0, 0.05) is 0 Å². The number of aliphatic hydroxyl groups is 3. The van der Waals surface area contributed by atoms with Gasteiger partial charge in [-0.2, -0.15) is 4.72 Å². The minimum atomic E-state index is -3.91. The van der Waals surface area contributed by atoms with Crippen LogP contribution < -0.4 is 4.72 Å². The molecule has 0 aliphatic heterocycles. The summed E-state index contributed by atoms with van der Waals surface area (Å²) >= 11 is 0.960. The van der Waals surface area contributed by atoms with Gasteiger partial charge in [0.2, 0.25) is 0 Å². The summed E-state index contributed by atoms with van der Waals surface area (Å²) in [5.74, 6) is 0. The third-order valence-electron chi connectivity index (χ3n) is 2.12. The molecule has 0 saturated heterocycles. The zero-order valence-electron chi connectivity index (χ0n) is 9.12. The first-order chi connectivity index (χ1) is 7.89. The molecule has 7 nitrogen and oxygen atoms in total. The minimum absolute atomic E-state index is 0.0327. The quantitative estimate of drug-likeness (QED) is 0.501. The van der Waals surface area contributed by atoms with Crippen LogP contribution in [0.4, 0.5) is 0 Å². The normalized spacial score (nSPS) is 12.9. The number of aryl methyl sites for hydroxylation is 1. The van der Waals surface area contributed by atoms with E-state index in [-0.39, 0.29) is 4.21 Å². The summed E-state index contributed by atoms with van der Waals surface area (Å²) in [6.07, 6.45) is 1.18. The van der Waals surface area contributed by atoms with Crippen LogP contribution in [0.3, 0.4) is 0 Å². The first-order valence-electron chi connectivity index (χ1n) is 4.68. The maximum absolute atomic E-state index is 11.9. The number of nitrogens with zero attached hydrogens (tertiary/aromatic N) is 1. The van der Waals surface area contributed by atoms with Gasteiger partial charge in [-0.15, -0.1) is 11.3 Å². The molecule has 4 N–H and O–H groups in total. The minimum Gasteiger partial charge on any atom is -0.394 e. The zero-order valence-corrected chi connectivity index (χ0v) is 10.8. The summed E-state index contributed by atoms with van der Waals surface area (Å²) in [5, 5.41) is 27.7. The molecule has 0 saturated carbocycles. The van der Waals surface area contributed by atoms with Gasteiger partial charge in [-0.1, -0.05) is 0 Å². The molecule has 0 aliphatic rings. The molecule has 1 aromatic heterocycles. The van der Waals surface area contributed by atoms with Gasteiger partial charge >= 0.3 is 0 Å². The van der Waals surface area contributed by atoms with Gasteiger partial charge < -0.3 is 15.3 Å². The molecule has 0 unspecified atom stereocenters. The van der Waals surface area contributed by atoms with E-state index in [0.717, 1.165) is 11.3 Å². The van der Waals surface area contributed by atoms with Gasteiger partial charge in [0.25, 0.3) is 10.0 Å². The lowest BCUT2D eigenvalue weighted by Gasteiger charge is -2.27. The molecule has 9 heteroatoms. The molecule has 0 radical (unpaired) electrons. The topological polar surface area (TPSA) is 120 Å². The van der Waals surface area contributed by atoms with Crippen molar-refractivity contribution in [3.63, 3.8) is 0 Å². The molecule has 1 aromatic rings. The Morgan fingerprint density at radius 2 is 1.88 bits per heavy atom. The van der Waals surface area contributed by atoms with Crippen molar-refractivity contribution in [3.05, 3.63) is 11.2 Å². The van der Waals surface area contributed by atoms with Crippen molar-refractivity contribution in [3.8, 4) is 0 Å². The summed E-state index contributed by atoms with van der Waals surface area (Å²) in [5.41, 5.74) is -1.67. The molecule has 0 amide bonds. The average Bonchev–Trinajstić information content (AvgIpc) is 2.74. The number of sulfonamides is 1. The van der Waals surface area contributed by atoms with Crippen LogP contribution >= 0.6 is 11.3 Å². The Hall–Kier alpha value is -0.580. The average molecular weight is 282 g/mol. The second-order valence-corrected chi connectivity index (χ2v) is 6.70.